The molecule has 0 spiro atoms. The number of ether oxygens (including phenoxy) is 2. The van der Waals surface area contributed by atoms with Crippen molar-refractivity contribution in [1.82, 2.24) is 0 Å². The van der Waals surface area contributed by atoms with E-state index >= 15 is 0 Å². The standard InChI is InChI=1S/C23H26O6S/c1-17-6-8-20(9-7-17)30(25,26)29-16-22-10-12-23(13-11-22,28-15-22)19-5-3-4-18(14-19)21(24)27-2/h3-9,14H,10-13,15-16H2,1-2H3. The Morgan fingerprint density at radius 1 is 1.07 bits per heavy atom. The van der Waals surface area contributed by atoms with Crippen LogP contribution in [0.15, 0.2) is 53.4 Å². The highest BCUT2D eigenvalue weighted by Crippen LogP contribution is 2.53. The fourth-order valence-corrected chi connectivity index (χ4v) is 5.36. The number of benzene rings is 2. The van der Waals surface area contributed by atoms with Gasteiger partial charge in [0.1, 0.15) is 0 Å². The molecule has 1 aliphatic carbocycles. The minimum absolute atomic E-state index is 0.113. The summed E-state index contributed by atoms with van der Waals surface area (Å²) in [6, 6.07) is 14.0. The number of fused-ring (bicyclic) bond motifs is 3. The Morgan fingerprint density at radius 2 is 1.77 bits per heavy atom. The van der Waals surface area contributed by atoms with Crippen molar-refractivity contribution >= 4 is 16.1 Å². The smallest absolute Gasteiger partial charge is 0.337 e. The van der Waals surface area contributed by atoms with E-state index < -0.39 is 15.7 Å². The average molecular weight is 431 g/mol. The van der Waals surface area contributed by atoms with E-state index in [0.29, 0.717) is 12.2 Å². The summed E-state index contributed by atoms with van der Waals surface area (Å²) in [6.07, 6.45) is 3.12. The molecule has 6 nitrogen and oxygen atoms in total. The summed E-state index contributed by atoms with van der Waals surface area (Å²) in [5.74, 6) is -0.371. The van der Waals surface area contributed by atoms with Crippen LogP contribution in [0, 0.1) is 12.3 Å². The van der Waals surface area contributed by atoms with E-state index in [-0.39, 0.29) is 22.9 Å². The third-order valence-corrected chi connectivity index (χ3v) is 7.69. The van der Waals surface area contributed by atoms with Gasteiger partial charge in [0.25, 0.3) is 10.1 Å². The molecular formula is C23H26O6S. The van der Waals surface area contributed by atoms with Crippen molar-refractivity contribution < 1.29 is 26.9 Å². The van der Waals surface area contributed by atoms with Gasteiger partial charge >= 0.3 is 5.97 Å². The highest BCUT2D eigenvalue weighted by Gasteiger charge is 2.51. The molecule has 2 aromatic rings. The molecule has 3 aliphatic rings. The van der Waals surface area contributed by atoms with Crippen LogP contribution in [0.2, 0.25) is 0 Å². The van der Waals surface area contributed by atoms with Crippen molar-refractivity contribution in [1.29, 1.82) is 0 Å². The van der Waals surface area contributed by atoms with Gasteiger partial charge in [-0.15, -0.1) is 0 Å². The fourth-order valence-electron chi connectivity index (χ4n) is 4.35. The Morgan fingerprint density at radius 3 is 2.37 bits per heavy atom. The van der Waals surface area contributed by atoms with Gasteiger partial charge < -0.3 is 9.47 Å². The Balaban J connectivity index is 1.45. The summed E-state index contributed by atoms with van der Waals surface area (Å²) in [5.41, 5.74) is 1.71. The van der Waals surface area contributed by atoms with Gasteiger partial charge in [-0.3, -0.25) is 4.18 Å². The lowest BCUT2D eigenvalue weighted by Gasteiger charge is -2.53. The van der Waals surface area contributed by atoms with Crippen molar-refractivity contribution in [2.24, 2.45) is 5.41 Å². The van der Waals surface area contributed by atoms with Crippen LogP contribution >= 0.6 is 0 Å². The first kappa shape index (κ1) is 21.0. The topological polar surface area (TPSA) is 78.9 Å². The first-order chi connectivity index (χ1) is 14.3. The van der Waals surface area contributed by atoms with Crippen molar-refractivity contribution in [3.63, 3.8) is 0 Å². The lowest BCUT2D eigenvalue weighted by molar-refractivity contribution is -0.197. The van der Waals surface area contributed by atoms with Crippen LogP contribution in [-0.2, 0) is 29.4 Å². The number of esters is 1. The van der Waals surface area contributed by atoms with Crippen molar-refractivity contribution in [2.75, 3.05) is 20.3 Å². The highest BCUT2D eigenvalue weighted by atomic mass is 32.2. The molecule has 0 aromatic heterocycles. The van der Waals surface area contributed by atoms with E-state index in [1.165, 1.54) is 7.11 Å². The molecule has 0 unspecified atom stereocenters. The third kappa shape index (κ3) is 3.89. The van der Waals surface area contributed by atoms with Gasteiger partial charge in [0, 0.05) is 5.41 Å². The van der Waals surface area contributed by atoms with Gasteiger partial charge in [0.15, 0.2) is 0 Å². The number of hydrogen-bond acceptors (Lipinski definition) is 6. The van der Waals surface area contributed by atoms with Gasteiger partial charge in [0.05, 0.1) is 36.4 Å². The summed E-state index contributed by atoms with van der Waals surface area (Å²) >= 11 is 0. The lowest BCUT2D eigenvalue weighted by atomic mass is 9.64. The number of rotatable bonds is 6. The molecule has 1 saturated carbocycles. The number of hydrogen-bond donors (Lipinski definition) is 0. The van der Waals surface area contributed by atoms with E-state index in [1.54, 1.807) is 30.3 Å². The number of carbonyl (C=O) groups excluding carboxylic acids is 1. The molecule has 160 valence electrons. The second kappa shape index (κ2) is 7.80. The van der Waals surface area contributed by atoms with E-state index in [2.05, 4.69) is 0 Å². The molecule has 2 saturated heterocycles. The minimum Gasteiger partial charge on any atom is -0.465 e. The average Bonchev–Trinajstić information content (AvgIpc) is 2.79. The maximum Gasteiger partial charge on any atom is 0.337 e. The molecule has 2 bridgehead atoms. The van der Waals surface area contributed by atoms with Crippen molar-refractivity contribution in [2.45, 2.75) is 43.1 Å². The summed E-state index contributed by atoms with van der Waals surface area (Å²) in [7, 11) is -2.43. The first-order valence-electron chi connectivity index (χ1n) is 10.1. The van der Waals surface area contributed by atoms with Gasteiger partial charge in [-0.05, 0) is 62.4 Å². The molecule has 2 heterocycles. The Hall–Kier alpha value is -2.22. The van der Waals surface area contributed by atoms with Gasteiger partial charge in [-0.25, -0.2) is 4.79 Å². The molecule has 3 fully saturated rings. The SMILES string of the molecule is COC(=O)c1cccc(C23CCC(COS(=O)(=O)c4ccc(C)cc4)(CC2)CO3)c1. The van der Waals surface area contributed by atoms with Crippen LogP contribution < -0.4 is 0 Å². The Labute approximate surface area is 177 Å². The number of aryl methyl sites for hydroxylation is 1. The minimum atomic E-state index is -3.80. The number of methoxy groups -OCH3 is 1. The molecule has 0 radical (unpaired) electrons. The van der Waals surface area contributed by atoms with E-state index in [4.69, 9.17) is 13.7 Å². The lowest BCUT2D eigenvalue weighted by Crippen LogP contribution is -2.51. The maximum atomic E-state index is 12.6. The predicted molar refractivity (Wildman–Crippen MR) is 111 cm³/mol. The monoisotopic (exact) mass is 430 g/mol. The van der Waals surface area contributed by atoms with E-state index in [0.717, 1.165) is 36.8 Å². The quantitative estimate of drug-likeness (QED) is 0.510. The zero-order valence-electron chi connectivity index (χ0n) is 17.2. The fraction of sp³-hybridized carbons (Fsp3) is 0.435. The Bertz CT molecular complexity index is 1020. The molecule has 5 rings (SSSR count). The maximum absolute atomic E-state index is 12.6. The predicted octanol–water partition coefficient (Wildman–Crippen LogP) is 3.97. The largest absolute Gasteiger partial charge is 0.465 e. The van der Waals surface area contributed by atoms with E-state index in [1.807, 2.05) is 25.1 Å². The second-order valence-electron chi connectivity index (χ2n) is 8.38. The molecule has 0 amide bonds. The summed E-state index contributed by atoms with van der Waals surface area (Å²) in [4.78, 5) is 12.1. The van der Waals surface area contributed by atoms with Crippen LogP contribution in [-0.4, -0.2) is 34.7 Å². The van der Waals surface area contributed by atoms with E-state index in [9.17, 15) is 13.2 Å². The normalized spacial score (nSPS) is 25.8. The summed E-state index contributed by atoms with van der Waals surface area (Å²) in [6.45, 7) is 2.45. The first-order valence-corrected chi connectivity index (χ1v) is 11.5. The zero-order valence-corrected chi connectivity index (χ0v) is 18.0. The summed E-state index contributed by atoms with van der Waals surface area (Å²) < 4.78 is 41.7. The van der Waals surface area contributed by atoms with Crippen LogP contribution in [0.25, 0.3) is 0 Å². The van der Waals surface area contributed by atoms with Gasteiger partial charge in [-0.2, -0.15) is 8.42 Å². The van der Waals surface area contributed by atoms with Gasteiger partial charge in [0.2, 0.25) is 0 Å². The Kier molecular flexibility index (Phi) is 5.46. The van der Waals surface area contributed by atoms with Crippen LogP contribution in [0.1, 0.15) is 47.2 Å². The van der Waals surface area contributed by atoms with Crippen LogP contribution in [0.5, 0.6) is 0 Å². The molecular weight excluding hydrogens is 404 g/mol. The third-order valence-electron chi connectivity index (χ3n) is 6.41. The molecule has 2 aromatic carbocycles. The summed E-state index contributed by atoms with van der Waals surface area (Å²) in [5, 5.41) is 0. The second-order valence-corrected chi connectivity index (χ2v) is 10.0. The van der Waals surface area contributed by atoms with Crippen LogP contribution in [0.4, 0.5) is 0 Å². The van der Waals surface area contributed by atoms with Crippen molar-refractivity contribution in [3.05, 3.63) is 65.2 Å². The van der Waals surface area contributed by atoms with Crippen molar-refractivity contribution in [3.8, 4) is 0 Å². The van der Waals surface area contributed by atoms with Crippen LogP contribution in [0.3, 0.4) is 0 Å². The molecule has 2 aliphatic heterocycles. The number of carbonyl (C=O) groups is 1. The molecule has 7 heteroatoms. The highest BCUT2D eigenvalue weighted by molar-refractivity contribution is 7.86. The van der Waals surface area contributed by atoms with Gasteiger partial charge in [-0.1, -0.05) is 29.8 Å². The molecule has 30 heavy (non-hydrogen) atoms. The molecule has 0 N–H and O–H groups in total. The zero-order chi connectivity index (χ0) is 21.4. The molecule has 0 atom stereocenters.